The SMILES string of the molecule is Cc1cccn2cc(COc3ccc(C(=O)NC(Cc4ccccc4)C(N)=O)cc3)nc12. The number of aryl methyl sites for hydroxylation is 1. The number of fused-ring (bicyclic) bond motifs is 1. The molecule has 0 aliphatic rings. The van der Waals surface area contributed by atoms with Gasteiger partial charge in [0.15, 0.2) is 0 Å². The van der Waals surface area contributed by atoms with Gasteiger partial charge in [-0.05, 0) is 48.4 Å². The van der Waals surface area contributed by atoms with Gasteiger partial charge in [0.25, 0.3) is 5.91 Å². The lowest BCUT2D eigenvalue weighted by atomic mass is 10.0. The van der Waals surface area contributed by atoms with Crippen LogP contribution >= 0.6 is 0 Å². The number of primary amides is 1. The summed E-state index contributed by atoms with van der Waals surface area (Å²) in [6.45, 7) is 2.33. The monoisotopic (exact) mass is 428 g/mol. The highest BCUT2D eigenvalue weighted by Crippen LogP contribution is 2.16. The second kappa shape index (κ2) is 9.34. The summed E-state index contributed by atoms with van der Waals surface area (Å²) in [6, 6.07) is 19.3. The number of benzene rings is 2. The molecule has 162 valence electrons. The Morgan fingerprint density at radius 1 is 1.06 bits per heavy atom. The molecule has 3 N–H and O–H groups in total. The molecule has 2 aromatic heterocycles. The lowest BCUT2D eigenvalue weighted by Gasteiger charge is -2.16. The Balaban J connectivity index is 1.37. The topological polar surface area (TPSA) is 98.7 Å². The summed E-state index contributed by atoms with van der Waals surface area (Å²) in [5.74, 6) is -0.331. The summed E-state index contributed by atoms with van der Waals surface area (Å²) in [4.78, 5) is 29.0. The predicted molar refractivity (Wildman–Crippen MR) is 121 cm³/mol. The van der Waals surface area contributed by atoms with E-state index in [4.69, 9.17) is 10.5 Å². The van der Waals surface area contributed by atoms with E-state index in [0.717, 1.165) is 22.5 Å². The van der Waals surface area contributed by atoms with Gasteiger partial charge in [0.1, 0.15) is 24.0 Å². The Morgan fingerprint density at radius 3 is 2.50 bits per heavy atom. The largest absolute Gasteiger partial charge is 0.487 e. The Hall–Kier alpha value is -4.13. The summed E-state index contributed by atoms with van der Waals surface area (Å²) in [5.41, 5.74) is 9.63. The van der Waals surface area contributed by atoms with Crippen LogP contribution in [0, 0.1) is 6.92 Å². The lowest BCUT2D eigenvalue weighted by molar-refractivity contribution is -0.119. The zero-order valence-corrected chi connectivity index (χ0v) is 17.7. The van der Waals surface area contributed by atoms with Gasteiger partial charge in [0, 0.05) is 24.4 Å². The van der Waals surface area contributed by atoms with Crippen molar-refractivity contribution in [1.29, 1.82) is 0 Å². The van der Waals surface area contributed by atoms with Crippen LogP contribution in [0.1, 0.15) is 27.2 Å². The van der Waals surface area contributed by atoms with E-state index in [1.54, 1.807) is 24.3 Å². The number of rotatable bonds is 8. The summed E-state index contributed by atoms with van der Waals surface area (Å²) in [5, 5.41) is 2.71. The van der Waals surface area contributed by atoms with Crippen molar-refractivity contribution in [3.63, 3.8) is 0 Å². The fraction of sp³-hybridized carbons (Fsp3) is 0.160. The van der Waals surface area contributed by atoms with Gasteiger partial charge in [-0.15, -0.1) is 0 Å². The summed E-state index contributed by atoms with van der Waals surface area (Å²) >= 11 is 0. The first-order chi connectivity index (χ1) is 15.5. The summed E-state index contributed by atoms with van der Waals surface area (Å²) in [7, 11) is 0. The van der Waals surface area contributed by atoms with Crippen molar-refractivity contribution in [2.24, 2.45) is 5.73 Å². The minimum absolute atomic E-state index is 0.313. The van der Waals surface area contributed by atoms with Crippen LogP contribution in [0.15, 0.2) is 79.1 Å². The molecule has 0 aliphatic carbocycles. The van der Waals surface area contributed by atoms with Gasteiger partial charge < -0.3 is 20.2 Å². The van der Waals surface area contributed by atoms with E-state index in [2.05, 4.69) is 10.3 Å². The average molecular weight is 428 g/mol. The standard InChI is InChI=1S/C25H24N4O3/c1-17-6-5-13-29-15-20(27-24(17)29)16-32-21-11-9-19(10-12-21)25(31)28-22(23(26)30)14-18-7-3-2-4-8-18/h2-13,15,22H,14,16H2,1H3,(H2,26,30)(H,28,31). The quantitative estimate of drug-likeness (QED) is 0.451. The number of carbonyl (C=O) groups is 2. The first-order valence-electron chi connectivity index (χ1n) is 10.3. The van der Waals surface area contributed by atoms with Crippen LogP contribution in [0.3, 0.4) is 0 Å². The summed E-state index contributed by atoms with van der Waals surface area (Å²) < 4.78 is 7.78. The van der Waals surface area contributed by atoms with Crippen molar-refractivity contribution in [2.45, 2.75) is 26.0 Å². The highest BCUT2D eigenvalue weighted by molar-refractivity contribution is 5.97. The van der Waals surface area contributed by atoms with E-state index in [1.807, 2.05) is 66.2 Å². The van der Waals surface area contributed by atoms with Gasteiger partial charge in [0.05, 0.1) is 5.69 Å². The van der Waals surface area contributed by atoms with Crippen LogP contribution in [-0.2, 0) is 17.8 Å². The number of aromatic nitrogens is 2. The van der Waals surface area contributed by atoms with E-state index < -0.39 is 11.9 Å². The highest BCUT2D eigenvalue weighted by atomic mass is 16.5. The van der Waals surface area contributed by atoms with Gasteiger partial charge in [-0.25, -0.2) is 4.98 Å². The third kappa shape index (κ3) is 4.95. The molecule has 7 heteroatoms. The molecular formula is C25H24N4O3. The molecular weight excluding hydrogens is 404 g/mol. The minimum Gasteiger partial charge on any atom is -0.487 e. The van der Waals surface area contributed by atoms with Crippen molar-refractivity contribution < 1.29 is 14.3 Å². The molecule has 0 spiro atoms. The Labute approximate surface area is 185 Å². The van der Waals surface area contributed by atoms with E-state index in [0.29, 0.717) is 24.3 Å². The van der Waals surface area contributed by atoms with Crippen LogP contribution in [0.25, 0.3) is 5.65 Å². The molecule has 0 saturated heterocycles. The molecule has 7 nitrogen and oxygen atoms in total. The fourth-order valence-electron chi connectivity index (χ4n) is 3.45. The number of nitrogens with zero attached hydrogens (tertiary/aromatic N) is 2. The number of nitrogens with two attached hydrogens (primary N) is 1. The maximum atomic E-state index is 12.6. The zero-order valence-electron chi connectivity index (χ0n) is 17.7. The normalized spacial score (nSPS) is 11.8. The number of hydrogen-bond donors (Lipinski definition) is 2. The number of ether oxygens (including phenoxy) is 1. The second-order valence-electron chi connectivity index (χ2n) is 7.59. The smallest absolute Gasteiger partial charge is 0.251 e. The van der Waals surface area contributed by atoms with Crippen molar-refractivity contribution in [1.82, 2.24) is 14.7 Å². The van der Waals surface area contributed by atoms with Crippen LogP contribution in [0.4, 0.5) is 0 Å². The first kappa shape index (κ1) is 21.1. The molecule has 2 amide bonds. The lowest BCUT2D eigenvalue weighted by Crippen LogP contribution is -2.45. The molecule has 0 bridgehead atoms. The number of amides is 2. The van der Waals surface area contributed by atoms with E-state index in [-0.39, 0.29) is 5.91 Å². The molecule has 1 unspecified atom stereocenters. The zero-order chi connectivity index (χ0) is 22.5. The number of pyridine rings is 1. The second-order valence-corrected chi connectivity index (χ2v) is 7.59. The van der Waals surface area contributed by atoms with Gasteiger partial charge in [-0.2, -0.15) is 0 Å². The van der Waals surface area contributed by atoms with Crippen molar-refractivity contribution >= 4 is 17.5 Å². The first-order valence-corrected chi connectivity index (χ1v) is 10.3. The number of carbonyl (C=O) groups excluding carboxylic acids is 2. The maximum absolute atomic E-state index is 12.6. The average Bonchev–Trinajstić information content (AvgIpc) is 3.23. The Morgan fingerprint density at radius 2 is 1.81 bits per heavy atom. The van der Waals surface area contributed by atoms with Gasteiger partial charge >= 0.3 is 0 Å². The molecule has 0 radical (unpaired) electrons. The molecule has 1 atom stereocenters. The van der Waals surface area contributed by atoms with Gasteiger partial charge in [-0.1, -0.05) is 36.4 Å². The van der Waals surface area contributed by atoms with Crippen LogP contribution in [0.2, 0.25) is 0 Å². The molecule has 2 heterocycles. The Kier molecular flexibility index (Phi) is 6.17. The van der Waals surface area contributed by atoms with Gasteiger partial charge in [0.2, 0.25) is 5.91 Å². The van der Waals surface area contributed by atoms with Crippen LogP contribution < -0.4 is 15.8 Å². The van der Waals surface area contributed by atoms with E-state index in [1.165, 1.54) is 0 Å². The van der Waals surface area contributed by atoms with E-state index in [9.17, 15) is 9.59 Å². The van der Waals surface area contributed by atoms with Crippen molar-refractivity contribution in [2.75, 3.05) is 0 Å². The molecule has 0 aliphatic heterocycles. The van der Waals surface area contributed by atoms with Crippen LogP contribution in [-0.4, -0.2) is 27.2 Å². The highest BCUT2D eigenvalue weighted by Gasteiger charge is 2.19. The van der Waals surface area contributed by atoms with Crippen molar-refractivity contribution in [3.05, 3.63) is 102 Å². The molecule has 0 fully saturated rings. The Bertz CT molecular complexity index is 1230. The molecule has 4 rings (SSSR count). The molecule has 0 saturated carbocycles. The molecule has 2 aromatic carbocycles. The third-order valence-electron chi connectivity index (χ3n) is 5.16. The molecule has 32 heavy (non-hydrogen) atoms. The maximum Gasteiger partial charge on any atom is 0.251 e. The third-order valence-corrected chi connectivity index (χ3v) is 5.16. The molecule has 4 aromatic rings. The summed E-state index contributed by atoms with van der Waals surface area (Å²) in [6.07, 6.45) is 4.21. The fourth-order valence-corrected chi connectivity index (χ4v) is 3.45. The number of nitrogens with one attached hydrogen (secondary N) is 1. The minimum atomic E-state index is -0.792. The van der Waals surface area contributed by atoms with Gasteiger partial charge in [-0.3, -0.25) is 9.59 Å². The van der Waals surface area contributed by atoms with Crippen LogP contribution in [0.5, 0.6) is 5.75 Å². The van der Waals surface area contributed by atoms with Crippen molar-refractivity contribution in [3.8, 4) is 5.75 Å². The number of imidazole rings is 1. The predicted octanol–water partition coefficient (Wildman–Crippen LogP) is 3.05. The van der Waals surface area contributed by atoms with E-state index >= 15 is 0 Å². The number of hydrogen-bond acceptors (Lipinski definition) is 4.